The van der Waals surface area contributed by atoms with Gasteiger partial charge in [-0.25, -0.2) is 0 Å². The quantitative estimate of drug-likeness (QED) is 0.654. The molecule has 1 amide bonds. The summed E-state index contributed by atoms with van der Waals surface area (Å²) in [6, 6.07) is 4.32. The molecule has 0 bridgehead atoms. The number of carbonyl (C=O) groups is 1. The number of nitrogens with zero attached hydrogens (tertiary/aromatic N) is 1. The fourth-order valence-corrected chi connectivity index (χ4v) is 3.26. The van der Waals surface area contributed by atoms with Crippen LogP contribution in [-0.2, 0) is 0 Å². The van der Waals surface area contributed by atoms with Crippen LogP contribution in [0.1, 0.15) is 49.4 Å². The summed E-state index contributed by atoms with van der Waals surface area (Å²) in [6.45, 7) is 2.01. The van der Waals surface area contributed by atoms with Crippen molar-refractivity contribution < 1.29 is 9.72 Å². The molecule has 1 unspecified atom stereocenters. The van der Waals surface area contributed by atoms with E-state index in [0.29, 0.717) is 16.0 Å². The van der Waals surface area contributed by atoms with Crippen molar-refractivity contribution >= 4 is 27.5 Å². The summed E-state index contributed by atoms with van der Waals surface area (Å²) in [4.78, 5) is 22.7. The Kier molecular flexibility index (Phi) is 5.33. The second-order valence-corrected chi connectivity index (χ2v) is 6.44. The van der Waals surface area contributed by atoms with Crippen LogP contribution in [0.25, 0.3) is 0 Å². The molecule has 5 nitrogen and oxygen atoms in total. The van der Waals surface area contributed by atoms with E-state index in [9.17, 15) is 14.9 Å². The number of non-ortho nitro benzene ring substituents is 1. The van der Waals surface area contributed by atoms with Gasteiger partial charge in [0.2, 0.25) is 0 Å². The first-order valence-corrected chi connectivity index (χ1v) is 8.03. The molecule has 6 heteroatoms. The molecule has 0 spiro atoms. The lowest BCUT2D eigenvalue weighted by Gasteiger charge is -2.28. The molecule has 1 atom stereocenters. The molecule has 114 valence electrons. The van der Waals surface area contributed by atoms with Gasteiger partial charge in [0.1, 0.15) is 0 Å². The fourth-order valence-electron chi connectivity index (χ4n) is 2.84. The molecule has 0 aromatic heterocycles. The highest BCUT2D eigenvalue weighted by molar-refractivity contribution is 9.10. The lowest BCUT2D eigenvalue weighted by atomic mass is 9.84. The molecule has 21 heavy (non-hydrogen) atoms. The number of halogens is 1. The molecular formula is C15H19BrN2O3. The lowest BCUT2D eigenvalue weighted by Crippen LogP contribution is -2.39. The Balaban J connectivity index is 2.08. The molecule has 1 aromatic rings. The summed E-state index contributed by atoms with van der Waals surface area (Å²) in [6.07, 6.45) is 5.97. The van der Waals surface area contributed by atoms with Gasteiger partial charge in [0.15, 0.2) is 0 Å². The van der Waals surface area contributed by atoms with Crippen LogP contribution < -0.4 is 5.32 Å². The number of nitro groups is 1. The van der Waals surface area contributed by atoms with E-state index >= 15 is 0 Å². The van der Waals surface area contributed by atoms with Crippen molar-refractivity contribution in [2.24, 2.45) is 5.92 Å². The minimum Gasteiger partial charge on any atom is -0.349 e. The average molecular weight is 355 g/mol. The highest BCUT2D eigenvalue weighted by Crippen LogP contribution is 2.27. The highest BCUT2D eigenvalue weighted by atomic mass is 79.9. The first kappa shape index (κ1) is 15.9. The maximum Gasteiger partial charge on any atom is 0.270 e. The minimum atomic E-state index is -0.492. The zero-order valence-electron chi connectivity index (χ0n) is 12.0. The molecule has 1 fully saturated rings. The van der Waals surface area contributed by atoms with Crippen LogP contribution in [0.5, 0.6) is 0 Å². The number of amides is 1. The van der Waals surface area contributed by atoms with Gasteiger partial charge in [-0.2, -0.15) is 0 Å². The summed E-state index contributed by atoms with van der Waals surface area (Å²) in [5.74, 6) is 0.240. The number of benzene rings is 1. The van der Waals surface area contributed by atoms with Crippen molar-refractivity contribution in [3.63, 3.8) is 0 Å². The third kappa shape index (κ3) is 4.03. The van der Waals surface area contributed by atoms with Crippen molar-refractivity contribution in [3.8, 4) is 0 Å². The van der Waals surface area contributed by atoms with Gasteiger partial charge in [-0.05, 0) is 47.7 Å². The molecule has 0 saturated heterocycles. The summed E-state index contributed by atoms with van der Waals surface area (Å²) in [5.41, 5.74) is 0.237. The smallest absolute Gasteiger partial charge is 0.270 e. The standard InChI is InChI=1S/C15H19BrN2O3/c1-10(11-5-3-2-4-6-11)17-15(19)13-9-12(18(20)21)7-8-14(13)16/h7-11H,2-6H2,1H3,(H,17,19). The van der Waals surface area contributed by atoms with Gasteiger partial charge in [-0.15, -0.1) is 0 Å². The largest absolute Gasteiger partial charge is 0.349 e. The second kappa shape index (κ2) is 7.02. The van der Waals surface area contributed by atoms with Gasteiger partial charge in [0.25, 0.3) is 11.6 Å². The predicted molar refractivity (Wildman–Crippen MR) is 84.3 cm³/mol. The Morgan fingerprint density at radius 2 is 2.05 bits per heavy atom. The maximum atomic E-state index is 12.3. The van der Waals surface area contributed by atoms with E-state index in [0.717, 1.165) is 12.8 Å². The molecule has 1 aliphatic carbocycles. The van der Waals surface area contributed by atoms with E-state index < -0.39 is 4.92 Å². The molecule has 2 rings (SSSR count). The number of nitro benzene ring substituents is 1. The van der Waals surface area contributed by atoms with Crippen LogP contribution in [0.3, 0.4) is 0 Å². The number of nitrogens with one attached hydrogen (secondary N) is 1. The van der Waals surface area contributed by atoms with Crippen molar-refractivity contribution in [2.45, 2.75) is 45.1 Å². The SMILES string of the molecule is CC(NC(=O)c1cc([N+](=O)[O-])ccc1Br)C1CCCCC1. The number of carbonyl (C=O) groups excluding carboxylic acids is 1. The van der Waals surface area contributed by atoms with E-state index in [2.05, 4.69) is 21.2 Å². The molecule has 1 N–H and O–H groups in total. The Hall–Kier alpha value is -1.43. The van der Waals surface area contributed by atoms with Crippen LogP contribution in [0.4, 0.5) is 5.69 Å². The summed E-state index contributed by atoms with van der Waals surface area (Å²) in [7, 11) is 0. The summed E-state index contributed by atoms with van der Waals surface area (Å²) < 4.78 is 0.571. The van der Waals surface area contributed by atoms with E-state index in [1.807, 2.05) is 6.92 Å². The van der Waals surface area contributed by atoms with E-state index in [1.165, 1.54) is 31.4 Å². The number of hydrogen-bond acceptors (Lipinski definition) is 3. The van der Waals surface area contributed by atoms with E-state index in [4.69, 9.17) is 0 Å². The number of hydrogen-bond donors (Lipinski definition) is 1. The normalized spacial score (nSPS) is 17.2. The molecule has 1 aliphatic rings. The van der Waals surface area contributed by atoms with Crippen LogP contribution in [0.15, 0.2) is 22.7 Å². The van der Waals surface area contributed by atoms with Gasteiger partial charge >= 0.3 is 0 Å². The summed E-state index contributed by atoms with van der Waals surface area (Å²) >= 11 is 3.28. The van der Waals surface area contributed by atoms with Crippen LogP contribution in [-0.4, -0.2) is 16.9 Å². The fraction of sp³-hybridized carbons (Fsp3) is 0.533. The molecule has 0 aliphatic heterocycles. The van der Waals surface area contributed by atoms with Gasteiger partial charge in [0, 0.05) is 22.6 Å². The lowest BCUT2D eigenvalue weighted by molar-refractivity contribution is -0.384. The van der Waals surface area contributed by atoms with Crippen molar-refractivity contribution in [2.75, 3.05) is 0 Å². The van der Waals surface area contributed by atoms with Crippen LogP contribution >= 0.6 is 15.9 Å². The Labute approximate surface area is 132 Å². The molecule has 0 heterocycles. The van der Waals surface area contributed by atoms with Gasteiger partial charge in [0.05, 0.1) is 10.5 Å². The summed E-state index contributed by atoms with van der Waals surface area (Å²) in [5, 5.41) is 13.8. The van der Waals surface area contributed by atoms with Gasteiger partial charge < -0.3 is 5.32 Å². The maximum absolute atomic E-state index is 12.3. The highest BCUT2D eigenvalue weighted by Gasteiger charge is 2.23. The average Bonchev–Trinajstić information content (AvgIpc) is 2.48. The van der Waals surface area contributed by atoms with Crippen LogP contribution in [0.2, 0.25) is 0 Å². The first-order chi connectivity index (χ1) is 9.99. The minimum absolute atomic E-state index is 0.0753. The zero-order chi connectivity index (χ0) is 15.4. The Bertz CT molecular complexity index is 542. The van der Waals surface area contributed by atoms with Crippen LogP contribution in [0, 0.1) is 16.0 Å². The first-order valence-electron chi connectivity index (χ1n) is 7.24. The zero-order valence-corrected chi connectivity index (χ0v) is 13.6. The second-order valence-electron chi connectivity index (χ2n) is 5.58. The van der Waals surface area contributed by atoms with Gasteiger partial charge in [-0.1, -0.05) is 19.3 Å². The third-order valence-electron chi connectivity index (χ3n) is 4.12. The van der Waals surface area contributed by atoms with Crippen molar-refractivity contribution in [1.82, 2.24) is 5.32 Å². The third-order valence-corrected chi connectivity index (χ3v) is 4.81. The van der Waals surface area contributed by atoms with Crippen molar-refractivity contribution in [1.29, 1.82) is 0 Å². The number of rotatable bonds is 4. The topological polar surface area (TPSA) is 72.2 Å². The molecular weight excluding hydrogens is 336 g/mol. The van der Waals surface area contributed by atoms with Crippen molar-refractivity contribution in [3.05, 3.63) is 38.3 Å². The van der Waals surface area contributed by atoms with E-state index in [-0.39, 0.29) is 17.6 Å². The Morgan fingerprint density at radius 3 is 2.67 bits per heavy atom. The molecule has 1 saturated carbocycles. The van der Waals surface area contributed by atoms with Gasteiger partial charge in [-0.3, -0.25) is 14.9 Å². The molecule has 1 aromatic carbocycles. The Morgan fingerprint density at radius 1 is 1.38 bits per heavy atom. The van der Waals surface area contributed by atoms with E-state index in [1.54, 1.807) is 6.07 Å². The predicted octanol–water partition coefficient (Wildman–Crippen LogP) is 4.06. The monoisotopic (exact) mass is 354 g/mol. The molecule has 0 radical (unpaired) electrons.